The summed E-state index contributed by atoms with van der Waals surface area (Å²) < 4.78 is 6.33. The molecule has 102 valence electrons. The van der Waals surface area contributed by atoms with E-state index in [2.05, 4.69) is 33.0 Å². The Morgan fingerprint density at radius 3 is 2.47 bits per heavy atom. The molecule has 17 heavy (non-hydrogen) atoms. The van der Waals surface area contributed by atoms with Crippen LogP contribution in [-0.2, 0) is 4.74 Å². The van der Waals surface area contributed by atoms with Gasteiger partial charge in [-0.25, -0.2) is 0 Å². The second kappa shape index (κ2) is 8.10. The summed E-state index contributed by atoms with van der Waals surface area (Å²) in [6.45, 7) is 9.93. The van der Waals surface area contributed by atoms with E-state index in [0.717, 1.165) is 18.9 Å². The van der Waals surface area contributed by atoms with Gasteiger partial charge in [-0.2, -0.15) is 0 Å². The first-order valence-corrected chi connectivity index (χ1v) is 7.56. The Balaban J connectivity index is 2.36. The molecule has 0 aromatic rings. The monoisotopic (exact) mass is 241 g/mol. The van der Waals surface area contributed by atoms with Crippen LogP contribution in [0, 0.1) is 5.92 Å². The van der Waals surface area contributed by atoms with Crippen LogP contribution < -0.4 is 5.32 Å². The number of hydrogen-bond donors (Lipinski definition) is 1. The van der Waals surface area contributed by atoms with Crippen molar-refractivity contribution in [2.24, 2.45) is 5.92 Å². The SMILES string of the molecule is CCC(CNC(C)C)OC1CCCCC1CC. The van der Waals surface area contributed by atoms with Crippen molar-refractivity contribution in [3.05, 3.63) is 0 Å². The molecule has 0 heterocycles. The van der Waals surface area contributed by atoms with Gasteiger partial charge < -0.3 is 10.1 Å². The smallest absolute Gasteiger partial charge is 0.0700 e. The van der Waals surface area contributed by atoms with Gasteiger partial charge in [0.2, 0.25) is 0 Å². The maximum absolute atomic E-state index is 6.33. The highest BCUT2D eigenvalue weighted by molar-refractivity contribution is 4.77. The summed E-state index contributed by atoms with van der Waals surface area (Å²) in [5.74, 6) is 0.803. The topological polar surface area (TPSA) is 21.3 Å². The third-order valence-corrected chi connectivity index (χ3v) is 3.94. The Labute approximate surface area is 108 Å². The highest BCUT2D eigenvalue weighted by atomic mass is 16.5. The molecule has 2 nitrogen and oxygen atoms in total. The van der Waals surface area contributed by atoms with Gasteiger partial charge in [-0.15, -0.1) is 0 Å². The molecule has 0 radical (unpaired) electrons. The lowest BCUT2D eigenvalue weighted by Crippen LogP contribution is -2.38. The Hall–Kier alpha value is -0.0800. The average molecular weight is 241 g/mol. The summed E-state index contributed by atoms with van der Waals surface area (Å²) >= 11 is 0. The van der Waals surface area contributed by atoms with Crippen molar-refractivity contribution in [3.63, 3.8) is 0 Å². The maximum Gasteiger partial charge on any atom is 0.0700 e. The lowest BCUT2D eigenvalue weighted by atomic mass is 9.84. The molecule has 0 saturated heterocycles. The molecule has 1 rings (SSSR count). The zero-order chi connectivity index (χ0) is 12.7. The predicted octanol–water partition coefficient (Wildman–Crippen LogP) is 3.75. The minimum absolute atomic E-state index is 0.398. The van der Waals surface area contributed by atoms with Gasteiger partial charge >= 0.3 is 0 Å². The first-order chi connectivity index (χ1) is 8.17. The van der Waals surface area contributed by atoms with E-state index in [1.54, 1.807) is 0 Å². The third kappa shape index (κ3) is 5.39. The first kappa shape index (κ1) is 15.0. The predicted molar refractivity (Wildman–Crippen MR) is 74.3 cm³/mol. The van der Waals surface area contributed by atoms with Crippen molar-refractivity contribution in [2.45, 2.75) is 84.5 Å². The van der Waals surface area contributed by atoms with Gasteiger partial charge in [0.25, 0.3) is 0 Å². The molecule has 0 bridgehead atoms. The molecule has 0 amide bonds. The Morgan fingerprint density at radius 1 is 1.18 bits per heavy atom. The average Bonchev–Trinajstić information content (AvgIpc) is 2.34. The lowest BCUT2D eigenvalue weighted by Gasteiger charge is -2.34. The second-order valence-corrected chi connectivity index (χ2v) is 5.72. The van der Waals surface area contributed by atoms with Crippen molar-refractivity contribution in [3.8, 4) is 0 Å². The molecule has 1 N–H and O–H groups in total. The summed E-state index contributed by atoms with van der Waals surface area (Å²) in [7, 11) is 0. The molecular formula is C15H31NO. The zero-order valence-corrected chi connectivity index (χ0v) is 12.2. The summed E-state index contributed by atoms with van der Waals surface area (Å²) in [6.07, 6.45) is 8.72. The van der Waals surface area contributed by atoms with Gasteiger partial charge in [0, 0.05) is 12.6 Å². The number of hydrogen-bond acceptors (Lipinski definition) is 2. The molecule has 1 aliphatic rings. The molecular weight excluding hydrogens is 210 g/mol. The van der Waals surface area contributed by atoms with Crippen molar-refractivity contribution in [2.75, 3.05) is 6.54 Å². The van der Waals surface area contributed by atoms with E-state index in [9.17, 15) is 0 Å². The molecule has 1 fully saturated rings. The van der Waals surface area contributed by atoms with Crippen molar-refractivity contribution >= 4 is 0 Å². The van der Waals surface area contributed by atoms with E-state index in [4.69, 9.17) is 4.74 Å². The van der Waals surface area contributed by atoms with Crippen LogP contribution in [0.3, 0.4) is 0 Å². The Bertz CT molecular complexity index is 193. The van der Waals surface area contributed by atoms with E-state index in [0.29, 0.717) is 18.2 Å². The Morgan fingerprint density at radius 2 is 1.88 bits per heavy atom. The fraction of sp³-hybridized carbons (Fsp3) is 1.00. The van der Waals surface area contributed by atoms with Crippen LogP contribution in [0.2, 0.25) is 0 Å². The molecule has 1 saturated carbocycles. The van der Waals surface area contributed by atoms with Crippen LogP contribution in [0.4, 0.5) is 0 Å². The maximum atomic E-state index is 6.33. The molecule has 3 unspecified atom stereocenters. The largest absolute Gasteiger partial charge is 0.373 e. The molecule has 0 aromatic carbocycles. The van der Waals surface area contributed by atoms with Gasteiger partial charge in [-0.1, -0.05) is 47.0 Å². The Kier molecular flexibility index (Phi) is 7.14. The van der Waals surface area contributed by atoms with E-state index < -0.39 is 0 Å². The molecule has 0 aromatic heterocycles. The normalized spacial score (nSPS) is 27.4. The summed E-state index contributed by atoms with van der Waals surface area (Å²) in [5.41, 5.74) is 0. The molecule has 2 heteroatoms. The van der Waals surface area contributed by atoms with Gasteiger partial charge in [0.1, 0.15) is 0 Å². The highest BCUT2D eigenvalue weighted by Gasteiger charge is 2.26. The van der Waals surface area contributed by atoms with E-state index in [1.807, 2.05) is 0 Å². The molecule has 1 aliphatic carbocycles. The number of rotatable bonds is 7. The van der Waals surface area contributed by atoms with Crippen molar-refractivity contribution in [1.82, 2.24) is 5.32 Å². The fourth-order valence-corrected chi connectivity index (χ4v) is 2.72. The number of nitrogens with one attached hydrogen (secondary N) is 1. The summed E-state index contributed by atoms with van der Waals surface area (Å²) in [6, 6.07) is 0.556. The van der Waals surface area contributed by atoms with Gasteiger partial charge in [-0.05, 0) is 25.2 Å². The van der Waals surface area contributed by atoms with Crippen LogP contribution in [0.5, 0.6) is 0 Å². The fourth-order valence-electron chi connectivity index (χ4n) is 2.72. The highest BCUT2D eigenvalue weighted by Crippen LogP contribution is 2.30. The van der Waals surface area contributed by atoms with Crippen LogP contribution in [0.15, 0.2) is 0 Å². The van der Waals surface area contributed by atoms with Crippen molar-refractivity contribution in [1.29, 1.82) is 0 Å². The van der Waals surface area contributed by atoms with E-state index >= 15 is 0 Å². The van der Waals surface area contributed by atoms with Gasteiger partial charge in [-0.3, -0.25) is 0 Å². The summed E-state index contributed by atoms with van der Waals surface area (Å²) in [4.78, 5) is 0. The minimum atomic E-state index is 0.398. The standard InChI is InChI=1S/C15H31NO/c1-5-13-9-7-8-10-15(13)17-14(6-2)11-16-12(3)4/h12-16H,5-11H2,1-4H3. The first-order valence-electron chi connectivity index (χ1n) is 7.56. The van der Waals surface area contributed by atoms with Crippen LogP contribution in [-0.4, -0.2) is 24.8 Å². The second-order valence-electron chi connectivity index (χ2n) is 5.72. The van der Waals surface area contributed by atoms with Crippen molar-refractivity contribution < 1.29 is 4.74 Å². The van der Waals surface area contributed by atoms with Crippen LogP contribution in [0.25, 0.3) is 0 Å². The van der Waals surface area contributed by atoms with Crippen LogP contribution >= 0.6 is 0 Å². The lowest BCUT2D eigenvalue weighted by molar-refractivity contribution is -0.0612. The number of ether oxygens (including phenoxy) is 1. The molecule has 0 spiro atoms. The molecule has 0 aliphatic heterocycles. The summed E-state index contributed by atoms with van der Waals surface area (Å²) in [5, 5.41) is 3.49. The van der Waals surface area contributed by atoms with Gasteiger partial charge in [0.15, 0.2) is 0 Å². The minimum Gasteiger partial charge on any atom is -0.373 e. The van der Waals surface area contributed by atoms with E-state index in [-0.39, 0.29) is 0 Å². The third-order valence-electron chi connectivity index (χ3n) is 3.94. The van der Waals surface area contributed by atoms with Crippen LogP contribution in [0.1, 0.15) is 66.2 Å². The van der Waals surface area contributed by atoms with E-state index in [1.165, 1.54) is 32.1 Å². The van der Waals surface area contributed by atoms with Gasteiger partial charge in [0.05, 0.1) is 12.2 Å². The molecule has 3 atom stereocenters. The quantitative estimate of drug-likeness (QED) is 0.733. The zero-order valence-electron chi connectivity index (χ0n) is 12.2.